The number of aliphatic hydroxyl groups is 1. The van der Waals surface area contributed by atoms with Crippen LogP contribution in [-0.4, -0.2) is 17.3 Å². The summed E-state index contributed by atoms with van der Waals surface area (Å²) < 4.78 is 0. The van der Waals surface area contributed by atoms with Gasteiger partial charge in [0.2, 0.25) is 0 Å². The van der Waals surface area contributed by atoms with E-state index < -0.39 is 0 Å². The van der Waals surface area contributed by atoms with Crippen molar-refractivity contribution in [3.8, 4) is 0 Å². The maximum Gasteiger partial charge on any atom is 0.0547 e. The van der Waals surface area contributed by atoms with Crippen molar-refractivity contribution in [2.75, 3.05) is 0 Å². The fourth-order valence-electron chi connectivity index (χ4n) is 1.86. The van der Waals surface area contributed by atoms with E-state index in [4.69, 9.17) is 10.8 Å². The van der Waals surface area contributed by atoms with Gasteiger partial charge >= 0.3 is 0 Å². The monoisotopic (exact) mass is 113 g/mol. The molecular formula is C6H11NO. The molecular weight excluding hydrogens is 102 g/mol. The van der Waals surface area contributed by atoms with Crippen LogP contribution in [0.4, 0.5) is 0 Å². The zero-order chi connectivity index (χ0) is 5.72. The highest BCUT2D eigenvalue weighted by Crippen LogP contribution is 2.50. The molecule has 3 N–H and O–H groups in total. The molecule has 8 heavy (non-hydrogen) atoms. The van der Waals surface area contributed by atoms with Crippen molar-refractivity contribution >= 4 is 0 Å². The summed E-state index contributed by atoms with van der Waals surface area (Å²) in [7, 11) is 0. The van der Waals surface area contributed by atoms with Gasteiger partial charge in [0.1, 0.15) is 0 Å². The summed E-state index contributed by atoms with van der Waals surface area (Å²) in [5.41, 5.74) is 5.62. The van der Waals surface area contributed by atoms with Crippen LogP contribution in [0.2, 0.25) is 0 Å². The first kappa shape index (κ1) is 4.77. The summed E-state index contributed by atoms with van der Waals surface area (Å²) in [4.78, 5) is 0. The van der Waals surface area contributed by atoms with Gasteiger partial charge in [-0.15, -0.1) is 0 Å². The first-order valence-corrected chi connectivity index (χ1v) is 3.22. The van der Waals surface area contributed by atoms with Gasteiger partial charge in [-0.1, -0.05) is 0 Å². The Morgan fingerprint density at radius 3 is 2.12 bits per heavy atom. The zero-order valence-corrected chi connectivity index (χ0v) is 4.75. The van der Waals surface area contributed by atoms with Crippen molar-refractivity contribution in [2.45, 2.75) is 25.0 Å². The molecule has 2 saturated carbocycles. The number of fused-ring (bicyclic) bond motifs is 1. The maximum atomic E-state index is 8.99. The minimum absolute atomic E-state index is 0.0233. The van der Waals surface area contributed by atoms with Gasteiger partial charge in [0.25, 0.3) is 0 Å². The molecule has 0 heterocycles. The zero-order valence-electron chi connectivity index (χ0n) is 4.75. The molecule has 2 aliphatic rings. The van der Waals surface area contributed by atoms with Crippen molar-refractivity contribution in [1.82, 2.24) is 0 Å². The SMILES string of the molecule is N[C@@H]1[C@H]2CC(O)C[C@@H]12. The average Bonchev–Trinajstić information content (AvgIpc) is 2.29. The highest BCUT2D eigenvalue weighted by atomic mass is 16.3. The summed E-state index contributed by atoms with van der Waals surface area (Å²) >= 11 is 0. The Bertz CT molecular complexity index is 103. The van der Waals surface area contributed by atoms with Crippen LogP contribution in [0.3, 0.4) is 0 Å². The Morgan fingerprint density at radius 1 is 1.25 bits per heavy atom. The predicted octanol–water partition coefficient (Wildman–Crippen LogP) is -0.286. The van der Waals surface area contributed by atoms with Crippen LogP contribution < -0.4 is 5.73 Å². The van der Waals surface area contributed by atoms with Crippen molar-refractivity contribution in [3.63, 3.8) is 0 Å². The van der Waals surface area contributed by atoms with Crippen LogP contribution in [0.15, 0.2) is 0 Å². The minimum atomic E-state index is -0.0233. The van der Waals surface area contributed by atoms with E-state index in [9.17, 15) is 0 Å². The second-order valence-corrected chi connectivity index (χ2v) is 3.03. The topological polar surface area (TPSA) is 46.2 Å². The summed E-state index contributed by atoms with van der Waals surface area (Å²) in [6, 6.07) is 0.443. The van der Waals surface area contributed by atoms with Crippen LogP contribution >= 0.6 is 0 Å². The largest absolute Gasteiger partial charge is 0.393 e. The lowest BCUT2D eigenvalue weighted by Gasteiger charge is -2.02. The van der Waals surface area contributed by atoms with Gasteiger partial charge < -0.3 is 10.8 Å². The number of nitrogens with two attached hydrogens (primary N) is 1. The Labute approximate surface area is 48.7 Å². The van der Waals surface area contributed by atoms with Crippen molar-refractivity contribution < 1.29 is 5.11 Å². The molecule has 0 amide bonds. The third-order valence-corrected chi connectivity index (χ3v) is 2.49. The van der Waals surface area contributed by atoms with Crippen molar-refractivity contribution in [2.24, 2.45) is 17.6 Å². The Morgan fingerprint density at radius 2 is 1.75 bits per heavy atom. The smallest absolute Gasteiger partial charge is 0.0547 e. The molecule has 0 aromatic rings. The second kappa shape index (κ2) is 1.25. The highest BCUT2D eigenvalue weighted by molar-refractivity contribution is 5.07. The van der Waals surface area contributed by atoms with Gasteiger partial charge in [-0.3, -0.25) is 0 Å². The van der Waals surface area contributed by atoms with E-state index in [1.165, 1.54) is 0 Å². The highest BCUT2D eigenvalue weighted by Gasteiger charge is 2.53. The first-order chi connectivity index (χ1) is 3.79. The number of hydrogen-bond donors (Lipinski definition) is 2. The van der Waals surface area contributed by atoms with Crippen LogP contribution in [0, 0.1) is 11.8 Å². The molecule has 2 fully saturated rings. The molecule has 2 heteroatoms. The van der Waals surface area contributed by atoms with Gasteiger partial charge in [0, 0.05) is 6.04 Å². The van der Waals surface area contributed by atoms with E-state index in [1.54, 1.807) is 0 Å². The predicted molar refractivity (Wildman–Crippen MR) is 30.2 cm³/mol. The van der Waals surface area contributed by atoms with Crippen LogP contribution in [-0.2, 0) is 0 Å². The lowest BCUT2D eigenvalue weighted by Crippen LogP contribution is -2.13. The van der Waals surface area contributed by atoms with E-state index in [0.29, 0.717) is 17.9 Å². The fourth-order valence-corrected chi connectivity index (χ4v) is 1.86. The maximum absolute atomic E-state index is 8.99. The molecule has 2 rings (SSSR count). The molecule has 2 nitrogen and oxygen atoms in total. The third kappa shape index (κ3) is 0.446. The molecule has 0 radical (unpaired) electrons. The number of hydrogen-bond acceptors (Lipinski definition) is 2. The van der Waals surface area contributed by atoms with Crippen LogP contribution in [0.25, 0.3) is 0 Å². The van der Waals surface area contributed by atoms with E-state index in [1.807, 2.05) is 0 Å². The molecule has 46 valence electrons. The van der Waals surface area contributed by atoms with Gasteiger partial charge in [-0.2, -0.15) is 0 Å². The normalized spacial score (nSPS) is 60.8. The molecule has 0 aromatic carbocycles. The Hall–Kier alpha value is -0.0800. The fraction of sp³-hybridized carbons (Fsp3) is 1.00. The van der Waals surface area contributed by atoms with Gasteiger partial charge in [-0.25, -0.2) is 0 Å². The Kier molecular flexibility index (Phi) is 0.746. The van der Waals surface area contributed by atoms with Gasteiger partial charge in [-0.05, 0) is 24.7 Å². The summed E-state index contributed by atoms with van der Waals surface area (Å²) in [5, 5.41) is 8.99. The standard InChI is InChI=1S/C6H11NO/c7-6-4-1-3(8)2-5(4)6/h3-6,8H,1-2,7H2/t3?,4-,5+,6+. The summed E-state index contributed by atoms with van der Waals surface area (Å²) in [5.74, 6) is 1.37. The van der Waals surface area contributed by atoms with Crippen molar-refractivity contribution in [3.05, 3.63) is 0 Å². The van der Waals surface area contributed by atoms with Gasteiger partial charge in [0.05, 0.1) is 6.10 Å². The molecule has 4 atom stereocenters. The van der Waals surface area contributed by atoms with E-state index in [2.05, 4.69) is 0 Å². The average molecular weight is 113 g/mol. The molecule has 2 aliphatic carbocycles. The minimum Gasteiger partial charge on any atom is -0.393 e. The van der Waals surface area contributed by atoms with Crippen LogP contribution in [0.5, 0.6) is 0 Å². The lowest BCUT2D eigenvalue weighted by molar-refractivity contribution is 0.165. The lowest BCUT2D eigenvalue weighted by atomic mass is 10.2. The molecule has 0 saturated heterocycles. The first-order valence-electron chi connectivity index (χ1n) is 3.22. The number of aliphatic hydroxyl groups excluding tert-OH is 1. The van der Waals surface area contributed by atoms with E-state index >= 15 is 0 Å². The quantitative estimate of drug-likeness (QED) is 0.453. The second-order valence-electron chi connectivity index (χ2n) is 3.03. The molecule has 0 spiro atoms. The molecule has 0 aliphatic heterocycles. The van der Waals surface area contributed by atoms with Gasteiger partial charge in [0.15, 0.2) is 0 Å². The summed E-state index contributed by atoms with van der Waals surface area (Å²) in [6.45, 7) is 0. The van der Waals surface area contributed by atoms with E-state index in [0.717, 1.165) is 12.8 Å². The van der Waals surface area contributed by atoms with Crippen LogP contribution in [0.1, 0.15) is 12.8 Å². The third-order valence-electron chi connectivity index (χ3n) is 2.49. The Balaban J connectivity index is 2.00. The molecule has 0 bridgehead atoms. The van der Waals surface area contributed by atoms with Crippen molar-refractivity contribution in [1.29, 1.82) is 0 Å². The van der Waals surface area contributed by atoms with E-state index in [-0.39, 0.29) is 6.10 Å². The number of rotatable bonds is 0. The molecule has 1 unspecified atom stereocenters. The summed E-state index contributed by atoms with van der Waals surface area (Å²) in [6.07, 6.45) is 1.90. The molecule has 0 aromatic heterocycles.